The molecule has 0 radical (unpaired) electrons. The lowest BCUT2D eigenvalue weighted by molar-refractivity contribution is -0.385. The topological polar surface area (TPSA) is 104 Å². The predicted octanol–water partition coefficient (Wildman–Crippen LogP) is 4.09. The first-order chi connectivity index (χ1) is 13.6. The van der Waals surface area contributed by atoms with Crippen molar-refractivity contribution in [2.24, 2.45) is 0 Å². The third-order valence-corrected chi connectivity index (χ3v) is 5.41. The molecule has 1 amide bonds. The van der Waals surface area contributed by atoms with Crippen molar-refractivity contribution in [3.05, 3.63) is 44.4 Å². The summed E-state index contributed by atoms with van der Waals surface area (Å²) in [6, 6.07) is 2.66. The molecule has 0 atom stereocenters. The Hall–Kier alpha value is -2.68. The summed E-state index contributed by atoms with van der Waals surface area (Å²) in [6.07, 6.45) is 6.22. The van der Waals surface area contributed by atoms with Gasteiger partial charge in [0.25, 0.3) is 11.6 Å². The highest BCUT2D eigenvalue weighted by Crippen LogP contribution is 2.35. The van der Waals surface area contributed by atoms with Crippen LogP contribution in [0.5, 0.6) is 11.5 Å². The van der Waals surface area contributed by atoms with Gasteiger partial charge in [0.1, 0.15) is 12.2 Å². The summed E-state index contributed by atoms with van der Waals surface area (Å²) in [6.45, 7) is 0.157. The van der Waals surface area contributed by atoms with Crippen LogP contribution in [0, 0.1) is 10.1 Å². The minimum absolute atomic E-state index is 0.0212. The van der Waals surface area contributed by atoms with Crippen LogP contribution in [0.1, 0.15) is 54.6 Å². The second-order valence-electron chi connectivity index (χ2n) is 6.71. The zero-order valence-electron chi connectivity index (χ0n) is 15.7. The van der Waals surface area contributed by atoms with Gasteiger partial charge in [0.15, 0.2) is 11.5 Å². The first kappa shape index (κ1) is 20.1. The van der Waals surface area contributed by atoms with Crippen molar-refractivity contribution in [3.8, 4) is 11.5 Å². The minimum atomic E-state index is -0.572. The number of aromatic nitrogens is 1. The first-order valence-corrected chi connectivity index (χ1v) is 10.2. The quantitative estimate of drug-likeness (QED) is 0.423. The molecule has 9 heteroatoms. The van der Waals surface area contributed by atoms with Crippen molar-refractivity contribution in [1.29, 1.82) is 0 Å². The van der Waals surface area contributed by atoms with Crippen LogP contribution in [0.25, 0.3) is 0 Å². The maximum atomic E-state index is 12.8. The minimum Gasteiger partial charge on any atom is -0.493 e. The van der Waals surface area contributed by atoms with Gasteiger partial charge in [-0.05, 0) is 12.8 Å². The van der Waals surface area contributed by atoms with E-state index in [9.17, 15) is 14.9 Å². The molecule has 1 aliphatic carbocycles. The van der Waals surface area contributed by atoms with Crippen molar-refractivity contribution in [3.63, 3.8) is 0 Å². The number of hydrogen-bond acceptors (Lipinski definition) is 7. The van der Waals surface area contributed by atoms with Crippen LogP contribution in [0.15, 0.2) is 23.0 Å². The van der Waals surface area contributed by atoms with Crippen molar-refractivity contribution >= 4 is 22.9 Å². The summed E-state index contributed by atoms with van der Waals surface area (Å²) in [4.78, 5) is 27.9. The van der Waals surface area contributed by atoms with E-state index in [4.69, 9.17) is 9.47 Å². The van der Waals surface area contributed by atoms with Gasteiger partial charge in [-0.2, -0.15) is 0 Å². The number of nitro benzene ring substituents is 1. The maximum Gasteiger partial charge on any atom is 0.286 e. The monoisotopic (exact) mass is 405 g/mol. The average molecular weight is 405 g/mol. The molecule has 1 aromatic heterocycles. The van der Waals surface area contributed by atoms with E-state index in [1.54, 1.807) is 5.51 Å². The predicted molar refractivity (Wildman–Crippen MR) is 105 cm³/mol. The summed E-state index contributed by atoms with van der Waals surface area (Å²) in [5.41, 5.74) is 2.07. The van der Waals surface area contributed by atoms with Crippen molar-refractivity contribution in [2.75, 3.05) is 7.11 Å². The Morgan fingerprint density at radius 1 is 1.29 bits per heavy atom. The zero-order valence-corrected chi connectivity index (χ0v) is 16.5. The molecule has 0 saturated heterocycles. The number of ether oxygens (including phenoxy) is 2. The zero-order chi connectivity index (χ0) is 19.9. The smallest absolute Gasteiger partial charge is 0.286 e. The van der Waals surface area contributed by atoms with Crippen LogP contribution in [0.4, 0.5) is 5.69 Å². The fraction of sp³-hybridized carbons (Fsp3) is 0.474. The van der Waals surface area contributed by atoms with Crippen LogP contribution >= 0.6 is 11.3 Å². The molecular formula is C19H23N3O5S. The number of methoxy groups -OCH3 is 1. The molecule has 3 rings (SSSR count). The Morgan fingerprint density at radius 2 is 2.04 bits per heavy atom. The maximum absolute atomic E-state index is 12.8. The molecule has 1 aromatic carbocycles. The second-order valence-corrected chi connectivity index (χ2v) is 7.43. The highest BCUT2D eigenvalue weighted by Gasteiger charge is 2.26. The third kappa shape index (κ3) is 4.98. The molecule has 0 aliphatic heterocycles. The Balaban J connectivity index is 1.82. The van der Waals surface area contributed by atoms with Gasteiger partial charge >= 0.3 is 0 Å². The van der Waals surface area contributed by atoms with E-state index in [2.05, 4.69) is 10.3 Å². The van der Waals surface area contributed by atoms with Gasteiger partial charge in [-0.3, -0.25) is 14.9 Å². The molecule has 28 heavy (non-hydrogen) atoms. The second kappa shape index (κ2) is 9.50. The highest BCUT2D eigenvalue weighted by atomic mass is 32.1. The number of thiazole rings is 1. The molecule has 0 unspecified atom stereocenters. The highest BCUT2D eigenvalue weighted by molar-refractivity contribution is 7.07. The molecule has 8 nitrogen and oxygen atoms in total. The lowest BCUT2D eigenvalue weighted by atomic mass is 10.1. The Morgan fingerprint density at radius 3 is 2.64 bits per heavy atom. The summed E-state index contributed by atoms with van der Waals surface area (Å²) in [5.74, 6) is 0.0167. The van der Waals surface area contributed by atoms with Crippen LogP contribution in [0.3, 0.4) is 0 Å². The van der Waals surface area contributed by atoms with E-state index in [-0.39, 0.29) is 35.4 Å². The van der Waals surface area contributed by atoms with E-state index >= 15 is 0 Å². The molecule has 1 saturated carbocycles. The van der Waals surface area contributed by atoms with E-state index in [0.29, 0.717) is 5.69 Å². The van der Waals surface area contributed by atoms with Crippen molar-refractivity contribution < 1.29 is 19.2 Å². The fourth-order valence-corrected chi connectivity index (χ4v) is 3.84. The number of nitrogens with one attached hydrogen (secondary N) is 1. The summed E-state index contributed by atoms with van der Waals surface area (Å²) in [5, 5.41) is 16.4. The van der Waals surface area contributed by atoms with Crippen LogP contribution < -0.4 is 14.8 Å². The number of hydrogen-bond donors (Lipinski definition) is 1. The summed E-state index contributed by atoms with van der Waals surface area (Å²) in [7, 11) is 1.43. The largest absolute Gasteiger partial charge is 0.493 e. The normalized spacial score (nSPS) is 14.9. The molecular weight excluding hydrogens is 382 g/mol. The number of carbonyl (C=O) groups excluding carboxylic acids is 1. The van der Waals surface area contributed by atoms with Gasteiger partial charge in [-0.25, -0.2) is 4.98 Å². The number of rotatable bonds is 7. The van der Waals surface area contributed by atoms with Crippen molar-refractivity contribution in [1.82, 2.24) is 10.3 Å². The number of carbonyl (C=O) groups is 1. The fourth-order valence-electron chi connectivity index (χ4n) is 3.30. The molecule has 2 aromatic rings. The standard InChI is InChI=1S/C19H23N3O5S/c1-26-17-8-15(19(23)21-13-6-4-2-3-5-7-13)16(22(24)25)9-18(17)27-10-14-11-28-12-20-14/h8-9,11-13H,2-7,10H2,1H3,(H,21,23). The van der Waals surface area contributed by atoms with E-state index in [0.717, 1.165) is 38.5 Å². The number of benzene rings is 1. The van der Waals surface area contributed by atoms with Crippen LogP contribution in [0.2, 0.25) is 0 Å². The van der Waals surface area contributed by atoms with Crippen LogP contribution in [-0.2, 0) is 6.61 Å². The average Bonchev–Trinajstić information content (AvgIpc) is 3.09. The van der Waals surface area contributed by atoms with Gasteiger partial charge in [-0.15, -0.1) is 11.3 Å². The summed E-state index contributed by atoms with van der Waals surface area (Å²) < 4.78 is 11.0. The Bertz CT molecular complexity index is 817. The molecule has 1 heterocycles. The van der Waals surface area contributed by atoms with Crippen molar-refractivity contribution in [2.45, 2.75) is 51.2 Å². The molecule has 1 aliphatic rings. The van der Waals surface area contributed by atoms with Gasteiger partial charge in [0.05, 0.1) is 29.3 Å². The molecule has 0 spiro atoms. The molecule has 0 bridgehead atoms. The van der Waals surface area contributed by atoms with Crippen LogP contribution in [-0.4, -0.2) is 29.0 Å². The third-order valence-electron chi connectivity index (χ3n) is 4.77. The van der Waals surface area contributed by atoms with Gasteiger partial charge in [0.2, 0.25) is 0 Å². The van der Waals surface area contributed by atoms with E-state index in [1.165, 1.54) is 30.6 Å². The first-order valence-electron chi connectivity index (χ1n) is 9.25. The van der Waals surface area contributed by atoms with E-state index < -0.39 is 10.8 Å². The molecule has 1 N–H and O–H groups in total. The molecule has 1 fully saturated rings. The number of nitro groups is 1. The lowest BCUT2D eigenvalue weighted by Gasteiger charge is -2.17. The number of amides is 1. The summed E-state index contributed by atoms with van der Waals surface area (Å²) >= 11 is 1.43. The van der Waals surface area contributed by atoms with E-state index in [1.807, 2.05) is 5.38 Å². The van der Waals surface area contributed by atoms with Gasteiger partial charge < -0.3 is 14.8 Å². The Kier molecular flexibility index (Phi) is 6.80. The SMILES string of the molecule is COc1cc(C(=O)NC2CCCCCC2)c([N+](=O)[O-])cc1OCc1cscn1. The van der Waals surface area contributed by atoms with Gasteiger partial charge in [-0.1, -0.05) is 25.7 Å². The van der Waals surface area contributed by atoms with Gasteiger partial charge in [0, 0.05) is 17.5 Å². The lowest BCUT2D eigenvalue weighted by Crippen LogP contribution is -2.34. The number of nitrogens with zero attached hydrogens (tertiary/aromatic N) is 2. The molecule has 150 valence electrons. The Labute approximate surface area is 167 Å².